The standard InChI is InChI=1S/C26H32N8/c1-23(2)15-11-9-12-16(27-15)24(3,4)21-30-22(34-33-21)26(7,8)18-14-10-13-17(28-18)25(5,6)20-29-19(23)31-32-20/h9-14H,1-8H3,(H,29,31,32)(H,30,33,34). The number of nitrogens with one attached hydrogen (secondary N) is 2. The molecule has 0 fully saturated rings. The summed E-state index contributed by atoms with van der Waals surface area (Å²) in [7, 11) is 0. The van der Waals surface area contributed by atoms with E-state index in [9.17, 15) is 0 Å². The zero-order chi connectivity index (χ0) is 24.5. The quantitative estimate of drug-likeness (QED) is 0.408. The Bertz CT molecular complexity index is 1180. The van der Waals surface area contributed by atoms with Gasteiger partial charge in [0.15, 0.2) is 11.6 Å². The summed E-state index contributed by atoms with van der Waals surface area (Å²) in [4.78, 5) is 20.1. The van der Waals surface area contributed by atoms with E-state index in [1.165, 1.54) is 0 Å². The van der Waals surface area contributed by atoms with Crippen molar-refractivity contribution >= 4 is 0 Å². The Balaban J connectivity index is 1.80. The van der Waals surface area contributed by atoms with Crippen molar-refractivity contribution in [3.05, 3.63) is 82.5 Å². The Kier molecular flexibility index (Phi) is 4.63. The summed E-state index contributed by atoms with van der Waals surface area (Å²) in [6.45, 7) is 16.8. The Morgan fingerprint density at radius 1 is 0.471 bits per heavy atom. The maximum atomic E-state index is 5.08. The Morgan fingerprint density at radius 3 is 1.15 bits per heavy atom. The van der Waals surface area contributed by atoms with E-state index in [1.807, 2.05) is 36.4 Å². The van der Waals surface area contributed by atoms with E-state index in [2.05, 4.69) is 75.8 Å². The first kappa shape index (κ1) is 22.4. The molecule has 8 heteroatoms. The van der Waals surface area contributed by atoms with Crippen LogP contribution < -0.4 is 0 Å². The topological polar surface area (TPSA) is 109 Å². The molecule has 0 aromatic carbocycles. The molecule has 2 N–H and O–H groups in total. The number of hydrogen-bond donors (Lipinski definition) is 2. The molecular formula is C26H32N8. The molecule has 0 radical (unpaired) electrons. The lowest BCUT2D eigenvalue weighted by molar-refractivity contribution is 0.524. The molecule has 5 rings (SSSR count). The van der Waals surface area contributed by atoms with Gasteiger partial charge in [-0.3, -0.25) is 20.2 Å². The van der Waals surface area contributed by atoms with Gasteiger partial charge in [-0.05, 0) is 79.7 Å². The monoisotopic (exact) mass is 456 g/mol. The molecule has 8 bridgehead atoms. The molecule has 0 saturated heterocycles. The summed E-state index contributed by atoms with van der Waals surface area (Å²) < 4.78 is 0. The van der Waals surface area contributed by atoms with Gasteiger partial charge in [0, 0.05) is 0 Å². The highest BCUT2D eigenvalue weighted by Gasteiger charge is 2.38. The first-order chi connectivity index (χ1) is 15.8. The van der Waals surface area contributed by atoms with Crippen LogP contribution in [0.3, 0.4) is 0 Å². The van der Waals surface area contributed by atoms with Crippen LogP contribution in [0.25, 0.3) is 0 Å². The molecule has 1 aliphatic rings. The van der Waals surface area contributed by atoms with E-state index >= 15 is 0 Å². The highest BCUT2D eigenvalue weighted by Crippen LogP contribution is 2.37. The summed E-state index contributed by atoms with van der Waals surface area (Å²) >= 11 is 0. The number of H-pyrrole nitrogens is 2. The van der Waals surface area contributed by atoms with Crippen LogP contribution in [-0.2, 0) is 21.7 Å². The van der Waals surface area contributed by atoms with Crippen molar-refractivity contribution in [3.8, 4) is 0 Å². The fourth-order valence-corrected chi connectivity index (χ4v) is 4.38. The Hall–Kier alpha value is -3.42. The Morgan fingerprint density at radius 2 is 0.794 bits per heavy atom. The van der Waals surface area contributed by atoms with Gasteiger partial charge in [0.1, 0.15) is 11.6 Å². The lowest BCUT2D eigenvalue weighted by Crippen LogP contribution is -2.29. The van der Waals surface area contributed by atoms with Crippen molar-refractivity contribution in [2.24, 2.45) is 0 Å². The maximum absolute atomic E-state index is 5.08. The molecule has 0 saturated carbocycles. The van der Waals surface area contributed by atoms with E-state index < -0.39 is 21.7 Å². The van der Waals surface area contributed by atoms with Gasteiger partial charge < -0.3 is 0 Å². The minimum atomic E-state index is -0.505. The highest BCUT2D eigenvalue weighted by molar-refractivity contribution is 5.35. The van der Waals surface area contributed by atoms with Gasteiger partial charge >= 0.3 is 0 Å². The summed E-state index contributed by atoms with van der Waals surface area (Å²) in [5, 5.41) is 15.6. The minimum absolute atomic E-state index is 0.478. The molecule has 34 heavy (non-hydrogen) atoms. The van der Waals surface area contributed by atoms with Crippen LogP contribution in [0, 0.1) is 0 Å². The number of rotatable bonds is 0. The molecule has 176 valence electrons. The van der Waals surface area contributed by atoms with E-state index in [0.29, 0.717) is 11.6 Å². The van der Waals surface area contributed by atoms with Crippen LogP contribution in [0.1, 0.15) is 101 Å². The van der Waals surface area contributed by atoms with Gasteiger partial charge in [-0.2, -0.15) is 10.2 Å². The number of hydrogen-bond acceptors (Lipinski definition) is 6. The second-order valence-corrected chi connectivity index (χ2v) is 11.3. The summed E-state index contributed by atoms with van der Waals surface area (Å²) in [6.07, 6.45) is 0. The van der Waals surface area contributed by atoms with Gasteiger partial charge in [0.2, 0.25) is 0 Å². The van der Waals surface area contributed by atoms with E-state index in [0.717, 1.165) is 34.4 Å². The predicted molar refractivity (Wildman–Crippen MR) is 130 cm³/mol. The van der Waals surface area contributed by atoms with Gasteiger partial charge in [0.05, 0.1) is 44.4 Å². The average molecular weight is 457 g/mol. The number of nitrogens with zero attached hydrogens (tertiary/aromatic N) is 6. The summed E-state index contributed by atoms with van der Waals surface area (Å²) in [5.74, 6) is 2.93. The lowest BCUT2D eigenvalue weighted by Gasteiger charge is -2.27. The van der Waals surface area contributed by atoms with Gasteiger partial charge in [-0.15, -0.1) is 0 Å². The number of pyridine rings is 2. The fraction of sp³-hybridized carbons (Fsp3) is 0.462. The van der Waals surface area contributed by atoms with Crippen LogP contribution in [-0.4, -0.2) is 40.3 Å². The molecule has 0 amide bonds. The van der Waals surface area contributed by atoms with Crippen molar-refractivity contribution in [2.75, 3.05) is 0 Å². The smallest absolute Gasteiger partial charge is 0.162 e. The van der Waals surface area contributed by atoms with Crippen LogP contribution in [0.15, 0.2) is 36.4 Å². The van der Waals surface area contributed by atoms with Crippen LogP contribution in [0.4, 0.5) is 0 Å². The SMILES string of the molecule is CC1(C)c2cccc(n2)C(C)(C)c2n[nH]c(n2)C(C)(C)c2cccc(n2)C(C)(C)c2nc1n[nH]2. The van der Waals surface area contributed by atoms with E-state index in [4.69, 9.17) is 19.9 Å². The minimum Gasteiger partial charge on any atom is -0.262 e. The number of aromatic amines is 2. The lowest BCUT2D eigenvalue weighted by atomic mass is 9.83. The zero-order valence-electron chi connectivity index (χ0n) is 21.1. The summed E-state index contributed by atoms with van der Waals surface area (Å²) in [6, 6.07) is 12.2. The van der Waals surface area contributed by atoms with Crippen LogP contribution in [0.5, 0.6) is 0 Å². The largest absolute Gasteiger partial charge is 0.262 e. The molecule has 4 aromatic heterocycles. The van der Waals surface area contributed by atoms with Crippen molar-refractivity contribution < 1.29 is 0 Å². The first-order valence-corrected chi connectivity index (χ1v) is 11.7. The first-order valence-electron chi connectivity index (χ1n) is 11.7. The summed E-state index contributed by atoms with van der Waals surface area (Å²) in [5.41, 5.74) is 1.64. The third kappa shape index (κ3) is 3.19. The molecular weight excluding hydrogens is 424 g/mol. The normalized spacial score (nSPS) is 19.5. The molecule has 0 aliphatic carbocycles. The Labute approximate surface area is 200 Å². The second kappa shape index (κ2) is 7.04. The highest BCUT2D eigenvalue weighted by atomic mass is 15.2. The molecule has 5 heterocycles. The average Bonchev–Trinajstić information content (AvgIpc) is 3.50. The van der Waals surface area contributed by atoms with Crippen molar-refractivity contribution in [3.63, 3.8) is 0 Å². The van der Waals surface area contributed by atoms with Crippen molar-refractivity contribution in [1.82, 2.24) is 40.3 Å². The van der Waals surface area contributed by atoms with Crippen LogP contribution in [0.2, 0.25) is 0 Å². The van der Waals surface area contributed by atoms with Crippen LogP contribution >= 0.6 is 0 Å². The zero-order valence-corrected chi connectivity index (χ0v) is 21.1. The molecule has 0 spiro atoms. The molecule has 0 unspecified atom stereocenters. The van der Waals surface area contributed by atoms with Gasteiger partial charge in [0.25, 0.3) is 0 Å². The van der Waals surface area contributed by atoms with E-state index in [-0.39, 0.29) is 0 Å². The molecule has 8 nitrogen and oxygen atoms in total. The van der Waals surface area contributed by atoms with E-state index in [1.54, 1.807) is 0 Å². The van der Waals surface area contributed by atoms with Crippen molar-refractivity contribution in [1.29, 1.82) is 0 Å². The maximum Gasteiger partial charge on any atom is 0.162 e. The number of aromatic nitrogens is 8. The third-order valence-corrected chi connectivity index (χ3v) is 7.33. The second-order valence-electron chi connectivity index (χ2n) is 11.3. The molecule has 1 aliphatic heterocycles. The number of fused-ring (bicyclic) bond motifs is 8. The molecule has 4 aromatic rings. The fourth-order valence-electron chi connectivity index (χ4n) is 4.38. The predicted octanol–water partition coefficient (Wildman–Crippen LogP) is 4.33. The van der Waals surface area contributed by atoms with Crippen molar-refractivity contribution in [2.45, 2.75) is 77.0 Å². The van der Waals surface area contributed by atoms with Gasteiger partial charge in [-0.1, -0.05) is 12.1 Å². The van der Waals surface area contributed by atoms with Gasteiger partial charge in [-0.25, -0.2) is 9.97 Å². The third-order valence-electron chi connectivity index (χ3n) is 7.33. The molecule has 0 atom stereocenters.